The fraction of sp³-hybridized carbons (Fsp3) is 0.519. The molecule has 0 amide bonds. The number of hydrogen-bond donors (Lipinski definition) is 0. The Morgan fingerprint density at radius 1 is 0.872 bits per heavy atom. The van der Waals surface area contributed by atoms with Crippen molar-refractivity contribution < 1.29 is 75.4 Å². The van der Waals surface area contributed by atoms with E-state index in [1.165, 1.54) is 6.42 Å². The van der Waals surface area contributed by atoms with Crippen LogP contribution in [0.25, 0.3) is 0 Å². The van der Waals surface area contributed by atoms with E-state index in [2.05, 4.69) is 110 Å². The van der Waals surface area contributed by atoms with Crippen LogP contribution in [-0.4, -0.2) is 26.5 Å². The maximum Gasteiger partial charge on any atom is 0 e. The largest absolute Gasteiger partial charge is 0 e. The summed E-state index contributed by atoms with van der Waals surface area (Å²) in [5.41, 5.74) is 0. The Morgan fingerprint density at radius 3 is 1.74 bits per heavy atom. The average Bonchev–Trinajstić information content (AvgIpc) is 3.64. The quantitative estimate of drug-likeness (QED) is 0.107. The first-order chi connectivity index (χ1) is 17.6. The summed E-state index contributed by atoms with van der Waals surface area (Å²) >= 11 is 0. The summed E-state index contributed by atoms with van der Waals surface area (Å²) in [6.45, 7) is 40.1. The first-order valence-electron chi connectivity index (χ1n) is 10.5. The van der Waals surface area contributed by atoms with E-state index in [0.29, 0.717) is 18.3 Å². The summed E-state index contributed by atoms with van der Waals surface area (Å²) in [5.74, 6) is 6.39. The molecule has 1 unspecified atom stereocenters. The number of ether oxygens (including phenoxy) is 1. The molecule has 0 aromatic rings. The minimum atomic E-state index is -1.89. The van der Waals surface area contributed by atoms with Gasteiger partial charge >= 0.3 is 73.8 Å². The van der Waals surface area contributed by atoms with E-state index >= 15 is 0 Å². The molecule has 2 aliphatic rings. The Kier molecular flexibility index (Phi) is 46.8. The summed E-state index contributed by atoms with van der Waals surface area (Å²) in [6.07, 6.45) is 11.0. The second kappa shape index (κ2) is 34.2. The van der Waals surface area contributed by atoms with Gasteiger partial charge in [-0.25, -0.2) is 4.79 Å². The molecule has 0 aromatic carbocycles. The Labute approximate surface area is 254 Å². The van der Waals surface area contributed by atoms with Gasteiger partial charge in [-0.1, -0.05) is 51.0 Å². The van der Waals surface area contributed by atoms with Gasteiger partial charge in [-0.3, -0.25) is 0 Å². The summed E-state index contributed by atoms with van der Waals surface area (Å²) in [4.78, 5) is 11.9. The number of carbonyl (C=O) groups is 1. The van der Waals surface area contributed by atoms with Gasteiger partial charge in [-0.15, -0.1) is 0 Å². The zero-order valence-electron chi connectivity index (χ0n) is 22.6. The van der Waals surface area contributed by atoms with Gasteiger partial charge in [0.1, 0.15) is 6.10 Å². The fourth-order valence-corrected chi connectivity index (χ4v) is 4.06. The molecule has 1 aliphatic carbocycles. The minimum Gasteiger partial charge on any atom is 0 e. The molecule has 2 radical (unpaired) electrons. The molecule has 1 aliphatic heterocycles. The molecular weight excluding hydrogens is 614 g/mol. The first kappa shape index (κ1) is 53.4. The normalized spacial score (nSPS) is 21.5. The fourth-order valence-electron chi connectivity index (χ4n) is 2.79. The summed E-state index contributed by atoms with van der Waals surface area (Å²) in [5, 5.41) is 0.138. The van der Waals surface area contributed by atoms with Crippen LogP contribution in [0.15, 0.2) is 24.3 Å². The van der Waals surface area contributed by atoms with Gasteiger partial charge in [0, 0.05) is 45.9 Å². The summed E-state index contributed by atoms with van der Waals surface area (Å²) in [7, 11) is -1.89. The SMILES string of the molecule is C[C@@H]1C[C@H]2C[C@@H]2/C=C\C=C\C(O[Si](C)(C)C(C)(C)C)CC#CC(=O)O1.[C-]#[O+].[C-]#[O+].[C-]#[O+].[C-]#[O+].[C-]#[O+].[C-]#[O+].[Co].[Co]. The van der Waals surface area contributed by atoms with Crippen molar-refractivity contribution in [1.29, 1.82) is 0 Å². The molecule has 1 fully saturated rings. The third kappa shape index (κ3) is 27.5. The average molecular weight is 646 g/mol. The Bertz CT molecular complexity index is 821. The van der Waals surface area contributed by atoms with Crippen LogP contribution < -0.4 is 0 Å². The number of carbonyl (C=O) groups excluding carboxylic acids is 1. The van der Waals surface area contributed by atoms with E-state index in [-0.39, 0.29) is 50.8 Å². The van der Waals surface area contributed by atoms with E-state index in [9.17, 15) is 4.79 Å². The molecule has 1 saturated carbocycles. The third-order valence-corrected chi connectivity index (χ3v) is 9.97. The summed E-state index contributed by atoms with van der Waals surface area (Å²) < 4.78 is 56.9. The van der Waals surface area contributed by atoms with E-state index < -0.39 is 14.3 Å². The van der Waals surface area contributed by atoms with Crippen LogP contribution in [0.3, 0.4) is 0 Å². The third-order valence-electron chi connectivity index (χ3n) is 5.46. The zero-order valence-corrected chi connectivity index (χ0v) is 25.7. The second-order valence-corrected chi connectivity index (χ2v) is 13.6. The van der Waals surface area contributed by atoms with Gasteiger partial charge in [-0.05, 0) is 49.7 Å². The van der Waals surface area contributed by atoms with E-state index in [4.69, 9.17) is 37.1 Å². The molecule has 1 heterocycles. The monoisotopic (exact) mass is 646 g/mol. The molecule has 0 spiro atoms. The molecule has 2 rings (SSSR count). The van der Waals surface area contributed by atoms with Gasteiger partial charge in [0.25, 0.3) is 0 Å². The smallest absolute Gasteiger partial charge is 0 e. The van der Waals surface area contributed by atoms with Crippen molar-refractivity contribution in [3.63, 3.8) is 0 Å². The second-order valence-electron chi connectivity index (χ2n) is 8.80. The molecule has 9 nitrogen and oxygen atoms in total. The number of esters is 1. The maximum absolute atomic E-state index is 11.9. The van der Waals surface area contributed by atoms with Crippen molar-refractivity contribution in [2.24, 2.45) is 11.8 Å². The predicted molar refractivity (Wildman–Crippen MR) is 128 cm³/mol. The van der Waals surface area contributed by atoms with Crippen molar-refractivity contribution in [2.45, 2.75) is 77.3 Å². The standard InChI is InChI=1S/C21H32O3Si.6CO.2Co/c1-16-14-18-15-17(18)10-7-8-11-19(12-9-13-20(22)23-16)24-25(5,6)21(2,3)4;6*1-2;;/h7-8,10-11,16-19H,12,14-15H2,1-6H3;;;;;;;;/b10-7-,11-8+;;;;;;;;/t16-,17+,18+,19?;;;;;;;;/m1......../s1. The molecule has 4 atom stereocenters. The number of allylic oxidation sites excluding steroid dienone is 3. The number of fused-ring (bicyclic) bond motifs is 1. The number of hydrogen-bond acceptors (Lipinski definition) is 3. The first-order valence-corrected chi connectivity index (χ1v) is 13.4. The number of cyclic esters (lactones) is 1. The van der Waals surface area contributed by atoms with Crippen LogP contribution in [-0.2, 0) is 75.4 Å². The van der Waals surface area contributed by atoms with Crippen LogP contribution in [0.5, 0.6) is 0 Å². The summed E-state index contributed by atoms with van der Waals surface area (Å²) in [6, 6.07) is 0. The molecule has 216 valence electrons. The van der Waals surface area contributed by atoms with Crippen LogP contribution in [0.2, 0.25) is 18.1 Å². The molecule has 12 heteroatoms. The van der Waals surface area contributed by atoms with Crippen LogP contribution >= 0.6 is 0 Å². The Morgan fingerprint density at radius 2 is 1.31 bits per heavy atom. The van der Waals surface area contributed by atoms with Crippen molar-refractivity contribution >= 4 is 14.3 Å². The molecule has 0 bridgehead atoms. The van der Waals surface area contributed by atoms with E-state index in [1.807, 2.05) is 6.92 Å². The molecular formula is C27H32Co2O9Si. The van der Waals surface area contributed by atoms with Gasteiger partial charge in [-0.2, -0.15) is 0 Å². The van der Waals surface area contributed by atoms with Crippen molar-refractivity contribution in [3.8, 4) is 11.8 Å². The van der Waals surface area contributed by atoms with Crippen LogP contribution in [0, 0.1) is 63.6 Å². The van der Waals surface area contributed by atoms with Gasteiger partial charge in [0.15, 0.2) is 8.32 Å². The molecule has 0 aromatic heterocycles. The topological polar surface area (TPSA) is 155 Å². The van der Waals surface area contributed by atoms with E-state index in [0.717, 1.165) is 6.42 Å². The van der Waals surface area contributed by atoms with Crippen LogP contribution in [0.1, 0.15) is 47.0 Å². The van der Waals surface area contributed by atoms with Crippen molar-refractivity contribution in [3.05, 3.63) is 64.2 Å². The van der Waals surface area contributed by atoms with Gasteiger partial charge in [0.05, 0.1) is 6.10 Å². The van der Waals surface area contributed by atoms with Crippen LogP contribution in [0.4, 0.5) is 0 Å². The Hall–Kier alpha value is -1.86. The number of rotatable bonds is 2. The zero-order chi connectivity index (χ0) is 30.7. The Balaban J connectivity index is -0.000000129. The maximum atomic E-state index is 11.9. The van der Waals surface area contributed by atoms with Gasteiger partial charge in [0.2, 0.25) is 0 Å². The van der Waals surface area contributed by atoms with Crippen molar-refractivity contribution in [2.75, 3.05) is 0 Å². The minimum absolute atomic E-state index is 0. The molecule has 0 saturated heterocycles. The van der Waals surface area contributed by atoms with E-state index in [1.54, 1.807) is 0 Å². The van der Waals surface area contributed by atoms with Crippen molar-refractivity contribution in [1.82, 2.24) is 0 Å². The molecule has 39 heavy (non-hydrogen) atoms. The predicted octanol–water partition coefficient (Wildman–Crippen LogP) is 4.62. The molecule has 0 N–H and O–H groups in total. The van der Waals surface area contributed by atoms with Gasteiger partial charge < -0.3 is 9.16 Å².